The van der Waals surface area contributed by atoms with Gasteiger partial charge in [0.15, 0.2) is 16.9 Å². The summed E-state index contributed by atoms with van der Waals surface area (Å²) in [7, 11) is -4.30. The van der Waals surface area contributed by atoms with Gasteiger partial charge in [-0.25, -0.2) is 13.6 Å². The maximum absolute atomic E-state index is 12.0. The standard InChI is InChI=1S/C18H22ClN5O5S2/c1-9-5-8-12(29-9)15(18(2,3)4)22-17-16(23-30(26)24-17)21-11-7-6-10(19)14(13(11)25)31(20,27)28/h5-8,15,25H,1-4H3,(H,21,23)(H,22,24)(H2,20,27,28)/t15-,30?/m0/s1. The number of hydrogen-bond acceptors (Lipinski definition) is 9. The van der Waals surface area contributed by atoms with Gasteiger partial charge in [-0.1, -0.05) is 32.4 Å². The first-order valence-corrected chi connectivity index (χ1v) is 12.0. The van der Waals surface area contributed by atoms with Crippen molar-refractivity contribution < 1.29 is 22.5 Å². The van der Waals surface area contributed by atoms with Gasteiger partial charge >= 0.3 is 0 Å². The number of phenolic OH excluding ortho intramolecular Hbond substituents is 1. The normalized spacial score (nSPS) is 13.8. The van der Waals surface area contributed by atoms with Crippen LogP contribution in [0.5, 0.6) is 5.75 Å². The zero-order valence-corrected chi connectivity index (χ0v) is 19.5. The minimum atomic E-state index is -4.30. The van der Waals surface area contributed by atoms with Crippen LogP contribution in [0.2, 0.25) is 5.02 Å². The molecule has 10 nitrogen and oxygen atoms in total. The predicted molar refractivity (Wildman–Crippen MR) is 118 cm³/mol. The van der Waals surface area contributed by atoms with Crippen LogP contribution in [0.15, 0.2) is 33.6 Å². The molecule has 13 heteroatoms. The number of nitrogens with one attached hydrogen (secondary N) is 2. The summed E-state index contributed by atoms with van der Waals surface area (Å²) in [4.78, 5) is -0.635. The molecule has 3 aromatic rings. The van der Waals surface area contributed by atoms with E-state index in [1.165, 1.54) is 12.1 Å². The Bertz CT molecular complexity index is 1220. The second-order valence-corrected chi connectivity index (χ2v) is 10.7. The molecule has 0 radical (unpaired) electrons. The number of nitrogens with two attached hydrogens (primary N) is 1. The number of nitrogens with zero attached hydrogens (tertiary/aromatic N) is 2. The van der Waals surface area contributed by atoms with Crippen molar-refractivity contribution in [2.24, 2.45) is 10.6 Å². The summed E-state index contributed by atoms with van der Waals surface area (Å²) in [5, 5.41) is 21.2. The second kappa shape index (κ2) is 8.28. The molecule has 0 amide bonds. The van der Waals surface area contributed by atoms with Crippen LogP contribution in [-0.4, -0.2) is 26.8 Å². The number of aromatic hydroxyl groups is 1. The molecule has 1 unspecified atom stereocenters. The molecule has 0 fully saturated rings. The number of anilines is 3. The quantitative estimate of drug-likeness (QED) is 0.296. The molecule has 0 aliphatic rings. The molecular weight excluding hydrogens is 466 g/mol. The average molecular weight is 488 g/mol. The number of primary sulfonamides is 1. The summed E-state index contributed by atoms with van der Waals surface area (Å²) in [6.45, 7) is 7.79. The Labute approximate surface area is 187 Å². The third kappa shape index (κ3) is 5.10. The van der Waals surface area contributed by atoms with Crippen LogP contribution in [0, 0.1) is 12.3 Å². The average Bonchev–Trinajstić information content (AvgIpc) is 3.18. The minimum Gasteiger partial charge on any atom is -0.546 e. The fourth-order valence-electron chi connectivity index (χ4n) is 2.95. The Morgan fingerprint density at radius 2 is 1.87 bits per heavy atom. The molecule has 0 aliphatic heterocycles. The summed E-state index contributed by atoms with van der Waals surface area (Å²) in [6, 6.07) is 5.89. The fraction of sp³-hybridized carbons (Fsp3) is 0.333. The summed E-state index contributed by atoms with van der Waals surface area (Å²) < 4.78 is 49.2. The van der Waals surface area contributed by atoms with Gasteiger partial charge in [0.25, 0.3) is 0 Å². The number of phenols is 1. The van der Waals surface area contributed by atoms with E-state index in [9.17, 15) is 18.1 Å². The molecule has 31 heavy (non-hydrogen) atoms. The van der Waals surface area contributed by atoms with E-state index < -0.39 is 31.8 Å². The van der Waals surface area contributed by atoms with Crippen molar-refractivity contribution in [1.82, 2.24) is 8.75 Å². The van der Waals surface area contributed by atoms with Crippen LogP contribution in [0.1, 0.15) is 38.3 Å². The van der Waals surface area contributed by atoms with Crippen molar-refractivity contribution in [1.29, 1.82) is 0 Å². The molecule has 3 rings (SSSR count). The van der Waals surface area contributed by atoms with Gasteiger partial charge < -0.3 is 24.7 Å². The summed E-state index contributed by atoms with van der Waals surface area (Å²) >= 11 is 3.96. The van der Waals surface area contributed by atoms with Crippen LogP contribution >= 0.6 is 22.7 Å². The van der Waals surface area contributed by atoms with E-state index in [1.807, 2.05) is 39.8 Å². The molecular formula is C18H22ClN5O5S2. The summed E-state index contributed by atoms with van der Waals surface area (Å²) in [6.07, 6.45) is 0. The van der Waals surface area contributed by atoms with Gasteiger partial charge in [-0.15, -0.1) is 0 Å². The Morgan fingerprint density at radius 3 is 2.42 bits per heavy atom. The molecule has 0 spiro atoms. The molecule has 0 aliphatic carbocycles. The smallest absolute Gasteiger partial charge is 0.243 e. The summed E-state index contributed by atoms with van der Waals surface area (Å²) in [5.41, 5.74) is -0.382. The number of sulfonamides is 1. The molecule has 0 saturated heterocycles. The van der Waals surface area contributed by atoms with E-state index in [0.717, 1.165) is 5.76 Å². The van der Waals surface area contributed by atoms with Crippen LogP contribution < -0.4 is 15.8 Å². The first-order valence-electron chi connectivity index (χ1n) is 9.01. The third-order valence-corrected chi connectivity index (χ3v) is 6.46. The van der Waals surface area contributed by atoms with Gasteiger partial charge in [0.05, 0.1) is 16.8 Å². The fourth-order valence-corrected chi connectivity index (χ4v) is 4.76. The van der Waals surface area contributed by atoms with Crippen molar-refractivity contribution in [2.75, 3.05) is 10.6 Å². The largest absolute Gasteiger partial charge is 0.546 e. The highest BCUT2D eigenvalue weighted by Crippen LogP contribution is 2.41. The van der Waals surface area contributed by atoms with Gasteiger partial charge in [-0.2, -0.15) is 0 Å². The number of furan rings is 1. The molecule has 5 N–H and O–H groups in total. The van der Waals surface area contributed by atoms with Crippen molar-refractivity contribution in [3.63, 3.8) is 0 Å². The van der Waals surface area contributed by atoms with E-state index in [0.29, 0.717) is 5.76 Å². The van der Waals surface area contributed by atoms with E-state index in [4.69, 9.17) is 21.2 Å². The Hall–Kier alpha value is -2.38. The van der Waals surface area contributed by atoms with Gasteiger partial charge in [0.2, 0.25) is 21.7 Å². The van der Waals surface area contributed by atoms with Crippen LogP contribution in [0.4, 0.5) is 17.3 Å². The Kier molecular flexibility index (Phi) is 6.22. The van der Waals surface area contributed by atoms with E-state index in [2.05, 4.69) is 19.4 Å². The van der Waals surface area contributed by atoms with Crippen LogP contribution in [-0.2, 0) is 10.0 Å². The van der Waals surface area contributed by atoms with Gasteiger partial charge in [0.1, 0.15) is 16.4 Å². The lowest BCUT2D eigenvalue weighted by atomic mass is 9.85. The maximum Gasteiger partial charge on any atom is 0.243 e. The molecule has 2 heterocycles. The molecule has 0 bridgehead atoms. The summed E-state index contributed by atoms with van der Waals surface area (Å²) in [5.74, 6) is 0.878. The topological polar surface area (TPSA) is 166 Å². The number of aromatic nitrogens is 2. The number of hydrogen-bond donors (Lipinski definition) is 4. The van der Waals surface area contributed by atoms with E-state index >= 15 is 0 Å². The maximum atomic E-state index is 12.0. The lowest BCUT2D eigenvalue weighted by molar-refractivity contribution is 0.300. The van der Waals surface area contributed by atoms with E-state index in [1.54, 1.807) is 0 Å². The van der Waals surface area contributed by atoms with Crippen LogP contribution in [0.25, 0.3) is 0 Å². The molecule has 168 valence electrons. The highest BCUT2D eigenvalue weighted by molar-refractivity contribution is 7.89. The first kappa shape index (κ1) is 23.3. The number of benzene rings is 1. The van der Waals surface area contributed by atoms with Gasteiger partial charge in [0, 0.05) is 8.75 Å². The number of rotatable bonds is 6. The number of aryl methyl sites for hydroxylation is 1. The first-order chi connectivity index (χ1) is 14.3. The minimum absolute atomic E-state index is 0.0360. The Morgan fingerprint density at radius 1 is 1.23 bits per heavy atom. The lowest BCUT2D eigenvalue weighted by Gasteiger charge is -2.29. The predicted octanol–water partition coefficient (Wildman–Crippen LogP) is 4.05. The van der Waals surface area contributed by atoms with Crippen molar-refractivity contribution >= 4 is 50.1 Å². The Balaban J connectivity index is 2.00. The zero-order valence-electron chi connectivity index (χ0n) is 17.1. The molecule has 2 atom stereocenters. The van der Waals surface area contributed by atoms with Gasteiger partial charge in [-0.05, 0) is 36.6 Å². The second-order valence-electron chi connectivity index (χ2n) is 7.94. The monoisotopic (exact) mass is 487 g/mol. The zero-order chi connectivity index (χ0) is 23.1. The third-order valence-electron chi connectivity index (χ3n) is 4.38. The number of halogens is 1. The van der Waals surface area contributed by atoms with E-state index in [-0.39, 0.29) is 33.8 Å². The van der Waals surface area contributed by atoms with Crippen molar-refractivity contribution in [3.05, 3.63) is 40.8 Å². The van der Waals surface area contributed by atoms with Crippen molar-refractivity contribution in [2.45, 2.75) is 38.6 Å². The molecule has 2 aromatic heterocycles. The SMILES string of the molecule is Cc1ccc([C@H](Nc2n[s+]([O-])nc2Nc2ccc(Cl)c(S(N)(=O)=O)c2O)C(C)(C)C)o1. The lowest BCUT2D eigenvalue weighted by Crippen LogP contribution is -2.25. The van der Waals surface area contributed by atoms with Crippen LogP contribution in [0.3, 0.4) is 0 Å². The molecule has 0 saturated carbocycles. The van der Waals surface area contributed by atoms with Crippen molar-refractivity contribution in [3.8, 4) is 5.75 Å². The highest BCUT2D eigenvalue weighted by atomic mass is 35.5. The highest BCUT2D eigenvalue weighted by Gasteiger charge is 2.32. The van der Waals surface area contributed by atoms with Gasteiger partial charge in [-0.3, -0.25) is 0 Å². The molecule has 1 aromatic carbocycles.